The van der Waals surface area contributed by atoms with Crippen molar-refractivity contribution in [2.45, 2.75) is 18.6 Å². The standard InChI is InChI=1S/C7H10N2O4S/c1-5-3-9(4-6(10)11)7(8-5)14-13-12-2/h3H,4H2,1-2H3,(H,10,11). The summed E-state index contributed by atoms with van der Waals surface area (Å²) in [6.45, 7) is 1.63. The van der Waals surface area contributed by atoms with Gasteiger partial charge in [0.05, 0.1) is 12.8 Å². The summed E-state index contributed by atoms with van der Waals surface area (Å²) in [6, 6.07) is 0. The van der Waals surface area contributed by atoms with Gasteiger partial charge in [-0.2, -0.15) is 4.33 Å². The molecule has 0 fully saturated rings. The van der Waals surface area contributed by atoms with E-state index in [4.69, 9.17) is 5.11 Å². The Bertz CT molecular complexity index is 325. The highest BCUT2D eigenvalue weighted by Crippen LogP contribution is 2.18. The molecule has 1 N–H and O–H groups in total. The minimum absolute atomic E-state index is 0.143. The molecular formula is C7H10N2O4S. The lowest BCUT2D eigenvalue weighted by molar-refractivity contribution is -0.160. The van der Waals surface area contributed by atoms with Crippen LogP contribution in [0, 0.1) is 6.92 Å². The van der Waals surface area contributed by atoms with Gasteiger partial charge in [0.2, 0.25) is 0 Å². The number of carbonyl (C=O) groups is 1. The molecule has 0 aliphatic rings. The summed E-state index contributed by atoms with van der Waals surface area (Å²) in [5.41, 5.74) is 0.730. The summed E-state index contributed by atoms with van der Waals surface area (Å²) in [5, 5.41) is 9.05. The van der Waals surface area contributed by atoms with Gasteiger partial charge in [-0.3, -0.25) is 4.79 Å². The van der Waals surface area contributed by atoms with Crippen molar-refractivity contribution < 1.29 is 19.1 Å². The van der Waals surface area contributed by atoms with Crippen LogP contribution in [0.25, 0.3) is 0 Å². The third-order valence-electron chi connectivity index (χ3n) is 1.34. The van der Waals surface area contributed by atoms with Crippen molar-refractivity contribution in [3.63, 3.8) is 0 Å². The first kappa shape index (κ1) is 11.0. The molecule has 7 heteroatoms. The molecule has 0 radical (unpaired) electrons. The summed E-state index contributed by atoms with van der Waals surface area (Å²) in [7, 11) is 1.37. The van der Waals surface area contributed by atoms with Crippen LogP contribution in [0.1, 0.15) is 5.69 Å². The fourth-order valence-electron chi connectivity index (χ4n) is 0.915. The Kier molecular flexibility index (Phi) is 3.93. The van der Waals surface area contributed by atoms with E-state index < -0.39 is 5.97 Å². The van der Waals surface area contributed by atoms with Crippen molar-refractivity contribution in [1.82, 2.24) is 9.55 Å². The molecule has 0 amide bonds. The van der Waals surface area contributed by atoms with Crippen molar-refractivity contribution in [1.29, 1.82) is 0 Å². The molecule has 1 rings (SSSR count). The second kappa shape index (κ2) is 4.99. The van der Waals surface area contributed by atoms with Gasteiger partial charge in [-0.05, 0) is 6.92 Å². The number of hydrogen-bond acceptors (Lipinski definition) is 5. The highest BCUT2D eigenvalue weighted by Gasteiger charge is 2.10. The van der Waals surface area contributed by atoms with Crippen LogP contribution >= 0.6 is 12.0 Å². The quantitative estimate of drug-likeness (QED) is 0.449. The molecule has 0 aliphatic carbocycles. The van der Waals surface area contributed by atoms with Crippen molar-refractivity contribution >= 4 is 18.0 Å². The Morgan fingerprint density at radius 3 is 3.07 bits per heavy atom. The smallest absolute Gasteiger partial charge is 0.323 e. The van der Waals surface area contributed by atoms with Gasteiger partial charge in [-0.15, -0.1) is 0 Å². The van der Waals surface area contributed by atoms with E-state index in [2.05, 4.69) is 14.2 Å². The number of nitrogens with zero attached hydrogens (tertiary/aromatic N) is 2. The van der Waals surface area contributed by atoms with Crippen LogP contribution in [0.2, 0.25) is 0 Å². The van der Waals surface area contributed by atoms with Gasteiger partial charge in [0.15, 0.2) is 5.16 Å². The number of aliphatic carboxylic acids is 1. The first-order chi connectivity index (χ1) is 6.63. The molecule has 0 saturated heterocycles. The van der Waals surface area contributed by atoms with E-state index in [9.17, 15) is 4.79 Å². The van der Waals surface area contributed by atoms with Gasteiger partial charge in [-0.25, -0.2) is 9.87 Å². The van der Waals surface area contributed by atoms with Gasteiger partial charge < -0.3 is 9.67 Å². The highest BCUT2D eigenvalue weighted by molar-refractivity contribution is 7.94. The zero-order valence-corrected chi connectivity index (χ0v) is 8.58. The zero-order chi connectivity index (χ0) is 10.6. The lowest BCUT2D eigenvalue weighted by Gasteiger charge is -2.01. The number of carboxylic acid groups (broad SMARTS) is 1. The third kappa shape index (κ3) is 3.02. The average Bonchev–Trinajstić information content (AvgIpc) is 2.41. The Morgan fingerprint density at radius 1 is 1.79 bits per heavy atom. The van der Waals surface area contributed by atoms with Gasteiger partial charge in [0, 0.05) is 6.20 Å². The molecule has 0 bridgehead atoms. The van der Waals surface area contributed by atoms with E-state index in [1.54, 1.807) is 13.1 Å². The maximum atomic E-state index is 10.5. The first-order valence-electron chi connectivity index (χ1n) is 3.76. The molecular weight excluding hydrogens is 208 g/mol. The third-order valence-corrected chi connectivity index (χ3v) is 2.02. The molecule has 1 aromatic rings. The van der Waals surface area contributed by atoms with E-state index in [1.165, 1.54) is 11.7 Å². The minimum Gasteiger partial charge on any atom is -0.480 e. The second-order valence-electron chi connectivity index (χ2n) is 2.50. The number of imidazole rings is 1. The fraction of sp³-hybridized carbons (Fsp3) is 0.429. The topological polar surface area (TPSA) is 73.6 Å². The normalized spacial score (nSPS) is 10.4. The summed E-state index contributed by atoms with van der Waals surface area (Å²) in [5.74, 6) is -0.929. The number of carboxylic acids is 1. The Morgan fingerprint density at radius 2 is 2.50 bits per heavy atom. The molecule has 0 aliphatic heterocycles. The van der Waals surface area contributed by atoms with Gasteiger partial charge >= 0.3 is 5.97 Å². The molecule has 1 heterocycles. The SMILES string of the molecule is COOSc1nc(C)cn1CC(=O)O. The van der Waals surface area contributed by atoms with Crippen LogP contribution in [-0.4, -0.2) is 27.7 Å². The number of hydrogen-bond donors (Lipinski definition) is 1. The summed E-state index contributed by atoms with van der Waals surface area (Å²) >= 11 is 0.876. The van der Waals surface area contributed by atoms with Crippen LogP contribution in [0.3, 0.4) is 0 Å². The minimum atomic E-state index is -0.929. The van der Waals surface area contributed by atoms with Gasteiger partial charge in [0.1, 0.15) is 18.6 Å². The number of aromatic nitrogens is 2. The lowest BCUT2D eigenvalue weighted by atomic mass is 10.5. The largest absolute Gasteiger partial charge is 0.480 e. The first-order valence-corrected chi connectivity index (χ1v) is 4.50. The fourth-order valence-corrected chi connectivity index (χ4v) is 1.44. The predicted octanol–water partition coefficient (Wildman–Crippen LogP) is 0.861. The van der Waals surface area contributed by atoms with E-state index in [-0.39, 0.29) is 6.54 Å². The molecule has 0 aromatic carbocycles. The molecule has 0 unspecified atom stereocenters. The summed E-state index contributed by atoms with van der Waals surface area (Å²) in [6.07, 6.45) is 1.63. The molecule has 14 heavy (non-hydrogen) atoms. The molecule has 6 nitrogen and oxygen atoms in total. The van der Waals surface area contributed by atoms with Crippen molar-refractivity contribution in [3.8, 4) is 0 Å². The maximum absolute atomic E-state index is 10.5. The zero-order valence-electron chi connectivity index (χ0n) is 7.76. The Hall–Kier alpha value is -1.05. The van der Waals surface area contributed by atoms with E-state index in [1.807, 2.05) is 0 Å². The van der Waals surface area contributed by atoms with Crippen molar-refractivity contribution in [2.24, 2.45) is 0 Å². The van der Waals surface area contributed by atoms with E-state index in [0.717, 1.165) is 17.7 Å². The van der Waals surface area contributed by atoms with Crippen LogP contribution in [0.5, 0.6) is 0 Å². The predicted molar refractivity (Wildman–Crippen MR) is 48.6 cm³/mol. The number of aryl methyl sites for hydroxylation is 1. The molecule has 1 aromatic heterocycles. The van der Waals surface area contributed by atoms with Crippen LogP contribution in [0.15, 0.2) is 11.4 Å². The maximum Gasteiger partial charge on any atom is 0.323 e. The van der Waals surface area contributed by atoms with Crippen molar-refractivity contribution in [3.05, 3.63) is 11.9 Å². The Labute approximate surface area is 85.0 Å². The molecule has 0 saturated carbocycles. The monoisotopic (exact) mass is 218 g/mol. The Balaban J connectivity index is 2.74. The van der Waals surface area contributed by atoms with Crippen LogP contribution in [0.4, 0.5) is 0 Å². The van der Waals surface area contributed by atoms with Gasteiger partial charge in [0.25, 0.3) is 0 Å². The summed E-state index contributed by atoms with van der Waals surface area (Å²) < 4.78 is 6.07. The van der Waals surface area contributed by atoms with E-state index >= 15 is 0 Å². The summed E-state index contributed by atoms with van der Waals surface area (Å²) in [4.78, 5) is 18.9. The van der Waals surface area contributed by atoms with Crippen LogP contribution < -0.4 is 0 Å². The van der Waals surface area contributed by atoms with Gasteiger partial charge in [-0.1, -0.05) is 0 Å². The molecule has 0 spiro atoms. The van der Waals surface area contributed by atoms with Crippen LogP contribution in [-0.2, 0) is 20.6 Å². The lowest BCUT2D eigenvalue weighted by Crippen LogP contribution is -2.08. The van der Waals surface area contributed by atoms with Crippen molar-refractivity contribution in [2.75, 3.05) is 7.11 Å². The molecule has 78 valence electrons. The molecule has 0 atom stereocenters. The average molecular weight is 218 g/mol. The highest BCUT2D eigenvalue weighted by atomic mass is 32.2. The second-order valence-corrected chi connectivity index (χ2v) is 3.17. The number of rotatable bonds is 5. The van der Waals surface area contributed by atoms with E-state index in [0.29, 0.717) is 5.16 Å².